The first kappa shape index (κ1) is 20.4. The lowest BCUT2D eigenvalue weighted by Crippen LogP contribution is -2.37. The molecule has 0 heterocycles. The molecule has 3 rings (SSSR count). The second kappa shape index (κ2) is 8.76. The van der Waals surface area contributed by atoms with Gasteiger partial charge in [-0.3, -0.25) is 14.4 Å². The largest absolute Gasteiger partial charge is 0.456 e. The molecular weight excluding hydrogens is 356 g/mol. The van der Waals surface area contributed by atoms with Crippen LogP contribution in [0.1, 0.15) is 43.2 Å². The van der Waals surface area contributed by atoms with Gasteiger partial charge in [0, 0.05) is 19.2 Å². The normalized spacial score (nSPS) is 22.8. The van der Waals surface area contributed by atoms with Crippen LogP contribution >= 0.6 is 0 Å². The van der Waals surface area contributed by atoms with Crippen molar-refractivity contribution in [2.24, 2.45) is 17.8 Å². The van der Waals surface area contributed by atoms with Crippen LogP contribution in [0.4, 0.5) is 5.69 Å². The molecule has 6 nitrogen and oxygen atoms in total. The summed E-state index contributed by atoms with van der Waals surface area (Å²) in [5.74, 6) is 0.900. The number of rotatable bonds is 7. The lowest BCUT2D eigenvalue weighted by Gasteiger charge is -2.21. The summed E-state index contributed by atoms with van der Waals surface area (Å²) in [5.41, 5.74) is 2.71. The molecule has 0 aromatic heterocycles. The number of hydrogen-bond acceptors (Lipinski definition) is 4. The van der Waals surface area contributed by atoms with E-state index < -0.39 is 0 Å². The Kier molecular flexibility index (Phi) is 6.37. The molecule has 0 spiro atoms. The Balaban J connectivity index is 1.40. The van der Waals surface area contributed by atoms with Crippen LogP contribution in [0.3, 0.4) is 0 Å². The Hall–Kier alpha value is -2.37. The van der Waals surface area contributed by atoms with Crippen LogP contribution in [0.25, 0.3) is 0 Å². The standard InChI is InChI=1S/C22H30N2O4/c1-14-5-4-6-15(2)22(14)23-19(25)12-24(3)20(26)13-28-21(27)11-18-10-16-7-8-17(18)9-16/h4-6,16-18H,7-13H2,1-3H3,(H,23,25)/t16-,17+,18-/m0/s1. The van der Waals surface area contributed by atoms with E-state index in [1.807, 2.05) is 32.0 Å². The van der Waals surface area contributed by atoms with Crippen molar-refractivity contribution in [2.45, 2.75) is 46.0 Å². The summed E-state index contributed by atoms with van der Waals surface area (Å²) in [6, 6.07) is 5.78. The van der Waals surface area contributed by atoms with E-state index in [0.717, 1.165) is 29.2 Å². The lowest BCUT2D eigenvalue weighted by atomic mass is 9.86. The highest BCUT2D eigenvalue weighted by molar-refractivity contribution is 5.96. The Labute approximate surface area is 166 Å². The van der Waals surface area contributed by atoms with Crippen LogP contribution in [-0.2, 0) is 19.1 Å². The van der Waals surface area contributed by atoms with E-state index in [-0.39, 0.29) is 30.9 Å². The number of carbonyl (C=O) groups excluding carboxylic acids is 3. The summed E-state index contributed by atoms with van der Waals surface area (Å²) in [7, 11) is 1.54. The van der Waals surface area contributed by atoms with Gasteiger partial charge in [-0.1, -0.05) is 24.6 Å². The second-order valence-corrected chi connectivity index (χ2v) is 8.36. The predicted octanol–water partition coefficient (Wildman–Crippen LogP) is 3.07. The van der Waals surface area contributed by atoms with Crippen molar-refractivity contribution in [3.8, 4) is 0 Å². The van der Waals surface area contributed by atoms with Crippen LogP contribution in [-0.4, -0.2) is 42.9 Å². The molecule has 28 heavy (non-hydrogen) atoms. The molecule has 0 aliphatic heterocycles. The van der Waals surface area contributed by atoms with Gasteiger partial charge in [-0.25, -0.2) is 0 Å². The van der Waals surface area contributed by atoms with Gasteiger partial charge in [0.05, 0.1) is 6.54 Å². The molecule has 152 valence electrons. The van der Waals surface area contributed by atoms with Crippen molar-refractivity contribution in [3.05, 3.63) is 29.3 Å². The average molecular weight is 386 g/mol. The van der Waals surface area contributed by atoms with Crippen molar-refractivity contribution in [1.82, 2.24) is 4.90 Å². The minimum Gasteiger partial charge on any atom is -0.456 e. The number of likely N-dealkylation sites (N-methyl/N-ethyl adjacent to an activating group) is 1. The zero-order valence-corrected chi connectivity index (χ0v) is 17.0. The Bertz CT molecular complexity index is 741. The molecule has 2 aliphatic carbocycles. The van der Waals surface area contributed by atoms with Gasteiger partial charge in [-0.2, -0.15) is 0 Å². The number of amides is 2. The van der Waals surface area contributed by atoms with Crippen molar-refractivity contribution in [3.63, 3.8) is 0 Å². The number of carbonyl (C=O) groups is 3. The summed E-state index contributed by atoms with van der Waals surface area (Å²) in [6.45, 7) is 3.45. The number of aryl methyl sites for hydroxylation is 2. The molecular formula is C22H30N2O4. The monoisotopic (exact) mass is 386 g/mol. The average Bonchev–Trinajstić information content (AvgIpc) is 3.25. The lowest BCUT2D eigenvalue weighted by molar-refractivity contribution is -0.152. The van der Waals surface area contributed by atoms with Crippen LogP contribution in [0.15, 0.2) is 18.2 Å². The van der Waals surface area contributed by atoms with Crippen molar-refractivity contribution >= 4 is 23.5 Å². The number of para-hydroxylation sites is 1. The highest BCUT2D eigenvalue weighted by Gasteiger charge is 2.40. The molecule has 2 saturated carbocycles. The van der Waals surface area contributed by atoms with E-state index in [4.69, 9.17) is 4.74 Å². The summed E-state index contributed by atoms with van der Waals surface area (Å²) < 4.78 is 5.17. The van der Waals surface area contributed by atoms with Crippen molar-refractivity contribution in [2.75, 3.05) is 25.5 Å². The zero-order valence-electron chi connectivity index (χ0n) is 17.0. The summed E-state index contributed by atoms with van der Waals surface area (Å²) in [5, 5.41) is 2.85. The quantitative estimate of drug-likeness (QED) is 0.731. The second-order valence-electron chi connectivity index (χ2n) is 8.36. The van der Waals surface area contributed by atoms with Crippen molar-refractivity contribution in [1.29, 1.82) is 0 Å². The van der Waals surface area contributed by atoms with E-state index in [0.29, 0.717) is 18.3 Å². The molecule has 0 radical (unpaired) electrons. The molecule has 2 aliphatic rings. The maximum atomic E-state index is 12.3. The van der Waals surface area contributed by atoms with Gasteiger partial charge in [0.15, 0.2) is 6.61 Å². The highest BCUT2D eigenvalue weighted by atomic mass is 16.5. The Morgan fingerprint density at radius 3 is 2.46 bits per heavy atom. The number of nitrogens with zero attached hydrogens (tertiary/aromatic N) is 1. The van der Waals surface area contributed by atoms with E-state index in [2.05, 4.69) is 5.32 Å². The van der Waals surface area contributed by atoms with Crippen molar-refractivity contribution < 1.29 is 19.1 Å². The maximum absolute atomic E-state index is 12.3. The molecule has 2 fully saturated rings. The first-order chi connectivity index (χ1) is 13.3. The SMILES string of the molecule is Cc1cccc(C)c1NC(=O)CN(C)C(=O)COC(=O)C[C@@H]1C[C@H]2CC[C@@H]1C2. The fourth-order valence-electron chi connectivity index (χ4n) is 4.65. The van der Waals surface area contributed by atoms with Crippen LogP contribution in [0, 0.1) is 31.6 Å². The topological polar surface area (TPSA) is 75.7 Å². The Morgan fingerprint density at radius 2 is 1.86 bits per heavy atom. The van der Waals surface area contributed by atoms with Gasteiger partial charge in [-0.05, 0) is 62.0 Å². The number of esters is 1. The number of hydrogen-bond donors (Lipinski definition) is 1. The minimum atomic E-state index is -0.377. The number of fused-ring (bicyclic) bond motifs is 2. The minimum absolute atomic E-state index is 0.0868. The van der Waals surface area contributed by atoms with Gasteiger partial charge in [0.2, 0.25) is 5.91 Å². The van der Waals surface area contributed by atoms with Gasteiger partial charge in [-0.15, -0.1) is 0 Å². The first-order valence-corrected chi connectivity index (χ1v) is 10.1. The maximum Gasteiger partial charge on any atom is 0.306 e. The van der Waals surface area contributed by atoms with Crippen LogP contribution in [0.5, 0.6) is 0 Å². The van der Waals surface area contributed by atoms with Crippen LogP contribution in [0.2, 0.25) is 0 Å². The van der Waals surface area contributed by atoms with Gasteiger partial charge in [0.1, 0.15) is 0 Å². The molecule has 2 amide bonds. The zero-order chi connectivity index (χ0) is 20.3. The van der Waals surface area contributed by atoms with E-state index in [1.54, 1.807) is 0 Å². The van der Waals surface area contributed by atoms with E-state index in [1.165, 1.54) is 31.2 Å². The first-order valence-electron chi connectivity index (χ1n) is 10.1. The third kappa shape index (κ3) is 4.91. The van der Waals surface area contributed by atoms with E-state index in [9.17, 15) is 14.4 Å². The molecule has 3 atom stereocenters. The Morgan fingerprint density at radius 1 is 1.14 bits per heavy atom. The molecule has 1 aromatic rings. The third-order valence-electron chi connectivity index (χ3n) is 6.22. The smallest absolute Gasteiger partial charge is 0.306 e. The van der Waals surface area contributed by atoms with Gasteiger partial charge < -0.3 is 15.0 Å². The number of nitrogens with one attached hydrogen (secondary N) is 1. The van der Waals surface area contributed by atoms with Gasteiger partial charge in [0.25, 0.3) is 5.91 Å². The highest BCUT2D eigenvalue weighted by Crippen LogP contribution is 2.49. The van der Waals surface area contributed by atoms with Gasteiger partial charge >= 0.3 is 5.97 Å². The molecule has 1 aromatic carbocycles. The summed E-state index contributed by atoms with van der Waals surface area (Å²) in [4.78, 5) is 37.8. The molecule has 2 bridgehead atoms. The summed E-state index contributed by atoms with van der Waals surface area (Å²) >= 11 is 0. The number of ether oxygens (including phenoxy) is 1. The third-order valence-corrected chi connectivity index (χ3v) is 6.22. The van der Waals surface area contributed by atoms with Crippen LogP contribution < -0.4 is 5.32 Å². The number of benzene rings is 1. The molecule has 0 saturated heterocycles. The molecule has 1 N–H and O–H groups in total. The number of anilines is 1. The van der Waals surface area contributed by atoms with E-state index >= 15 is 0 Å². The summed E-state index contributed by atoms with van der Waals surface area (Å²) in [6.07, 6.45) is 5.29. The predicted molar refractivity (Wildman–Crippen MR) is 107 cm³/mol. The molecule has 0 unspecified atom stereocenters. The molecule has 6 heteroatoms. The fraction of sp³-hybridized carbons (Fsp3) is 0.591. The fourth-order valence-corrected chi connectivity index (χ4v) is 4.65.